The summed E-state index contributed by atoms with van der Waals surface area (Å²) in [6.45, 7) is 27.8. The minimum atomic E-state index is -0.0208. The van der Waals surface area contributed by atoms with Gasteiger partial charge in [-0.3, -0.25) is 0 Å². The van der Waals surface area contributed by atoms with Gasteiger partial charge in [-0.25, -0.2) is 0 Å². The molecule has 1 aliphatic carbocycles. The van der Waals surface area contributed by atoms with Crippen molar-refractivity contribution in [1.29, 1.82) is 0 Å². The van der Waals surface area contributed by atoms with Crippen LogP contribution in [0.4, 0.5) is 0 Å². The van der Waals surface area contributed by atoms with E-state index in [1.54, 1.807) is 16.7 Å². The number of ether oxygens (including phenoxy) is 1. The summed E-state index contributed by atoms with van der Waals surface area (Å²) in [5.74, 6) is 0.573. The van der Waals surface area contributed by atoms with Crippen LogP contribution in [0.3, 0.4) is 0 Å². The van der Waals surface area contributed by atoms with Gasteiger partial charge in [0.1, 0.15) is 0 Å². The fourth-order valence-electron chi connectivity index (χ4n) is 8.63. The maximum absolute atomic E-state index is 5.90. The minimum Gasteiger partial charge on any atom is -0.376 e. The van der Waals surface area contributed by atoms with Crippen molar-refractivity contribution in [2.75, 3.05) is 6.61 Å². The molecule has 0 spiro atoms. The first kappa shape index (κ1) is 50.9. The van der Waals surface area contributed by atoms with Crippen molar-refractivity contribution >= 4 is 46.4 Å². The number of unbranched alkanes of at least 4 members (excludes halogenated alkanes) is 3. The number of hydrogen-bond donors (Lipinski definition) is 0. The predicted molar refractivity (Wildman–Crippen MR) is 261 cm³/mol. The van der Waals surface area contributed by atoms with Gasteiger partial charge in [-0.15, -0.1) is 93.4 Å². The Labute approximate surface area is 390 Å². The molecule has 0 heterocycles. The Hall–Kier alpha value is -2.48. The van der Waals surface area contributed by atoms with Gasteiger partial charge in [0.2, 0.25) is 0 Å². The smallest absolute Gasteiger partial charge is 0.376 e. The number of halogens is 2. The molecule has 0 fully saturated rings. The molecule has 0 aliphatic heterocycles. The third-order valence-corrected chi connectivity index (χ3v) is 12.0. The zero-order valence-electron chi connectivity index (χ0n) is 38.3. The molecule has 1 aliphatic rings. The summed E-state index contributed by atoms with van der Waals surface area (Å²) < 4.78 is 5.90. The Morgan fingerprint density at radius 3 is 1.83 bits per heavy atom. The van der Waals surface area contributed by atoms with Gasteiger partial charge < -0.3 is 4.74 Å². The normalized spacial score (nSPS) is 12.8. The Morgan fingerprint density at radius 1 is 0.661 bits per heavy atom. The summed E-state index contributed by atoms with van der Waals surface area (Å²) >= 11 is 0. The topological polar surface area (TPSA) is 9.23 Å². The van der Waals surface area contributed by atoms with Crippen molar-refractivity contribution in [1.82, 2.24) is 0 Å². The van der Waals surface area contributed by atoms with E-state index in [2.05, 4.69) is 174 Å². The van der Waals surface area contributed by atoms with Crippen LogP contribution in [0.1, 0.15) is 153 Å². The molecular weight excluding hydrogens is 839 g/mol. The average molecular weight is 911 g/mol. The number of rotatable bonds is 10. The van der Waals surface area contributed by atoms with Crippen LogP contribution in [-0.2, 0) is 61.0 Å². The van der Waals surface area contributed by atoms with Gasteiger partial charge in [0.15, 0.2) is 0 Å². The van der Waals surface area contributed by atoms with E-state index in [0.29, 0.717) is 5.92 Å². The monoisotopic (exact) mass is 908 g/mol. The molecule has 0 N–H and O–H groups in total. The molecule has 0 bridgehead atoms. The van der Waals surface area contributed by atoms with E-state index in [-0.39, 0.29) is 67.4 Å². The number of aryl methyl sites for hydroxylation is 3. The van der Waals surface area contributed by atoms with Crippen LogP contribution >= 0.6 is 24.8 Å². The summed E-state index contributed by atoms with van der Waals surface area (Å²) in [5.41, 5.74) is 16.4. The minimum absolute atomic E-state index is 0. The standard InChI is InChI=1S/C33H45O.C22H25.2ClH.Zr/c1-23-21-26-22-25-13-12-15-29(25)30(24-16-18-27(19-17-24)32(2,3)4)31(26)28(23)14-10-8-9-11-20-34-33(5,6)7;1-15(2)18-13-17-7-6-8-20(21(17)14-18)16-9-11-19(12-10-16)22(3,4)5;;;/h16-19,21-22H,8-15,20H2,1-7H3;6-15H,1-5H3;2*1H;/q2*-1;;;+2. The second-order valence-corrected chi connectivity index (χ2v) is 20.0. The van der Waals surface area contributed by atoms with E-state index in [4.69, 9.17) is 4.74 Å². The second-order valence-electron chi connectivity index (χ2n) is 20.0. The van der Waals surface area contributed by atoms with Gasteiger partial charge in [0.25, 0.3) is 0 Å². The molecule has 0 saturated carbocycles. The van der Waals surface area contributed by atoms with Gasteiger partial charge in [0.05, 0.1) is 5.60 Å². The first-order valence-corrected chi connectivity index (χ1v) is 21.7. The molecule has 7 rings (SSSR count). The van der Waals surface area contributed by atoms with E-state index < -0.39 is 0 Å². The van der Waals surface area contributed by atoms with Gasteiger partial charge >= 0.3 is 26.2 Å². The van der Waals surface area contributed by atoms with Crippen molar-refractivity contribution in [3.63, 3.8) is 0 Å². The van der Waals surface area contributed by atoms with Crippen LogP contribution < -0.4 is 0 Å². The van der Waals surface area contributed by atoms with Crippen molar-refractivity contribution in [3.8, 4) is 22.3 Å². The fourth-order valence-corrected chi connectivity index (χ4v) is 8.63. The van der Waals surface area contributed by atoms with Crippen molar-refractivity contribution in [3.05, 3.63) is 130 Å². The average Bonchev–Trinajstić information content (AvgIpc) is 3.86. The molecule has 0 unspecified atom stereocenters. The zero-order chi connectivity index (χ0) is 40.4. The summed E-state index contributed by atoms with van der Waals surface area (Å²) in [4.78, 5) is 0. The van der Waals surface area contributed by atoms with Gasteiger partial charge in [0, 0.05) is 6.61 Å². The number of benzene rings is 4. The molecule has 6 aromatic rings. The predicted octanol–water partition coefficient (Wildman–Crippen LogP) is 16.7. The number of fused-ring (bicyclic) bond motifs is 3. The van der Waals surface area contributed by atoms with E-state index in [9.17, 15) is 0 Å². The van der Waals surface area contributed by atoms with Gasteiger partial charge in [-0.1, -0.05) is 165 Å². The van der Waals surface area contributed by atoms with Gasteiger partial charge in [-0.05, 0) is 85.5 Å². The van der Waals surface area contributed by atoms with Crippen molar-refractivity contribution in [2.45, 2.75) is 157 Å². The van der Waals surface area contributed by atoms with E-state index >= 15 is 0 Å². The second kappa shape index (κ2) is 21.1. The molecule has 316 valence electrons. The van der Waals surface area contributed by atoms with E-state index in [0.717, 1.165) is 13.0 Å². The van der Waals surface area contributed by atoms with Crippen LogP contribution in [-0.4, -0.2) is 12.2 Å². The maximum atomic E-state index is 5.90. The van der Waals surface area contributed by atoms with Crippen LogP contribution in [0.15, 0.2) is 91.0 Å². The Balaban J connectivity index is 0.000000325. The summed E-state index contributed by atoms with van der Waals surface area (Å²) in [6.07, 6.45) is 9.88. The first-order chi connectivity index (χ1) is 26.4. The number of hydrogen-bond acceptors (Lipinski definition) is 1. The van der Waals surface area contributed by atoms with Crippen LogP contribution in [0.25, 0.3) is 43.8 Å². The maximum Gasteiger partial charge on any atom is 2.00 e. The summed E-state index contributed by atoms with van der Waals surface area (Å²) in [6, 6.07) is 34.8. The quantitative estimate of drug-likeness (QED) is 0.0983. The van der Waals surface area contributed by atoms with Crippen molar-refractivity contribution < 1.29 is 30.9 Å². The molecule has 0 aromatic heterocycles. The van der Waals surface area contributed by atoms with Crippen LogP contribution in [0.2, 0.25) is 0 Å². The molecule has 0 atom stereocenters. The zero-order valence-corrected chi connectivity index (χ0v) is 42.4. The van der Waals surface area contributed by atoms with E-state index in [1.165, 1.54) is 111 Å². The third-order valence-electron chi connectivity index (χ3n) is 12.0. The van der Waals surface area contributed by atoms with Crippen LogP contribution in [0, 0.1) is 6.92 Å². The fraction of sp³-hybridized carbons (Fsp3) is 0.455. The van der Waals surface area contributed by atoms with Crippen LogP contribution in [0.5, 0.6) is 0 Å². The molecule has 0 radical (unpaired) electrons. The molecule has 0 amide bonds. The Morgan fingerprint density at radius 2 is 1.25 bits per heavy atom. The third kappa shape index (κ3) is 12.6. The molecule has 4 heteroatoms. The Bertz CT molecular complexity index is 2230. The SMILES string of the molecule is CC(C)c1cc2c(-c3ccc(C(C)(C)C)cc3)cccc2[cH-]1.Cc1[cH-]c2cc3c(c(-c4ccc(C(C)(C)C)cc4)c2c1CCCCCCOC(C)(C)C)CCC3.Cl.Cl.[Zr+2]. The summed E-state index contributed by atoms with van der Waals surface area (Å²) in [7, 11) is 0. The summed E-state index contributed by atoms with van der Waals surface area (Å²) in [5, 5.41) is 5.72. The largest absolute Gasteiger partial charge is 2.00 e. The first-order valence-electron chi connectivity index (χ1n) is 21.7. The van der Waals surface area contributed by atoms with Crippen molar-refractivity contribution in [2.24, 2.45) is 0 Å². The molecular formula is C55H72Cl2OZr. The molecule has 1 nitrogen and oxygen atoms in total. The van der Waals surface area contributed by atoms with E-state index in [1.807, 2.05) is 0 Å². The Kier molecular flexibility index (Phi) is 18.2. The molecule has 0 saturated heterocycles. The molecule has 59 heavy (non-hydrogen) atoms. The van der Waals surface area contributed by atoms with Gasteiger partial charge in [-0.2, -0.15) is 6.07 Å². The molecule has 6 aromatic carbocycles.